The highest BCUT2D eigenvalue weighted by atomic mass is 79.9. The number of nitrogen functional groups attached to an aromatic ring is 1. The first-order valence-corrected chi connectivity index (χ1v) is 5.88. The van der Waals surface area contributed by atoms with E-state index in [1.165, 1.54) is 12.1 Å². The van der Waals surface area contributed by atoms with Crippen molar-refractivity contribution in [2.75, 3.05) is 5.73 Å². The summed E-state index contributed by atoms with van der Waals surface area (Å²) in [5.74, 6) is 0.0509. The molecule has 2 N–H and O–H groups in total. The number of nitrogens with two attached hydrogens (primary N) is 1. The Morgan fingerprint density at radius 1 is 1.50 bits per heavy atom. The van der Waals surface area contributed by atoms with E-state index in [-0.39, 0.29) is 12.4 Å². The van der Waals surface area contributed by atoms with Gasteiger partial charge in [-0.15, -0.1) is 5.10 Å². The van der Waals surface area contributed by atoms with Crippen LogP contribution in [0.2, 0.25) is 0 Å². The summed E-state index contributed by atoms with van der Waals surface area (Å²) in [6.45, 7) is 0.171. The van der Waals surface area contributed by atoms with Gasteiger partial charge in [0.1, 0.15) is 28.9 Å². The highest BCUT2D eigenvalue weighted by molar-refractivity contribution is 9.10. The van der Waals surface area contributed by atoms with Crippen molar-refractivity contribution < 1.29 is 9.13 Å². The summed E-state index contributed by atoms with van der Waals surface area (Å²) in [4.78, 5) is 0. The molecule has 0 atom stereocenters. The van der Waals surface area contributed by atoms with Crippen molar-refractivity contribution >= 4 is 32.5 Å². The molecule has 16 heavy (non-hydrogen) atoms. The van der Waals surface area contributed by atoms with Gasteiger partial charge in [0.25, 0.3) is 0 Å². The molecule has 0 fully saturated rings. The summed E-state index contributed by atoms with van der Waals surface area (Å²) in [6.07, 6.45) is 0. The second kappa shape index (κ2) is 4.75. The molecule has 1 aromatic carbocycles. The Morgan fingerprint density at radius 3 is 3.00 bits per heavy atom. The summed E-state index contributed by atoms with van der Waals surface area (Å²) in [5.41, 5.74) is 6.16. The normalized spacial score (nSPS) is 10.4. The van der Waals surface area contributed by atoms with Crippen LogP contribution in [0.15, 0.2) is 22.7 Å². The van der Waals surface area contributed by atoms with Crippen molar-refractivity contribution in [2.45, 2.75) is 6.61 Å². The molecule has 0 spiro atoms. The molecule has 0 bridgehead atoms. The third-order valence-corrected chi connectivity index (χ3v) is 3.09. The van der Waals surface area contributed by atoms with Gasteiger partial charge in [0.2, 0.25) is 0 Å². The summed E-state index contributed by atoms with van der Waals surface area (Å²) in [5, 5.41) is 4.30. The van der Waals surface area contributed by atoms with E-state index >= 15 is 0 Å². The van der Waals surface area contributed by atoms with Gasteiger partial charge in [-0.05, 0) is 28.1 Å². The van der Waals surface area contributed by atoms with Gasteiger partial charge in [-0.2, -0.15) is 0 Å². The van der Waals surface area contributed by atoms with Gasteiger partial charge in [0.05, 0.1) is 4.47 Å². The van der Waals surface area contributed by atoms with Crippen molar-refractivity contribution in [1.82, 2.24) is 9.59 Å². The van der Waals surface area contributed by atoms with E-state index < -0.39 is 0 Å². The number of anilines is 1. The quantitative estimate of drug-likeness (QED) is 0.947. The van der Waals surface area contributed by atoms with Crippen LogP contribution in [0.1, 0.15) is 5.69 Å². The molecule has 84 valence electrons. The number of benzene rings is 1. The van der Waals surface area contributed by atoms with Crippen LogP contribution in [0.25, 0.3) is 0 Å². The zero-order valence-electron chi connectivity index (χ0n) is 7.98. The maximum absolute atomic E-state index is 12.9. The smallest absolute Gasteiger partial charge is 0.136 e. The van der Waals surface area contributed by atoms with Crippen LogP contribution in [-0.2, 0) is 6.61 Å². The molecular weight excluding hydrogens is 297 g/mol. The lowest BCUT2D eigenvalue weighted by Crippen LogP contribution is -1.99. The highest BCUT2D eigenvalue weighted by Gasteiger charge is 2.07. The van der Waals surface area contributed by atoms with Gasteiger partial charge >= 0.3 is 0 Å². The van der Waals surface area contributed by atoms with Crippen LogP contribution in [0.4, 0.5) is 9.39 Å². The molecule has 0 aliphatic rings. The lowest BCUT2D eigenvalue weighted by Gasteiger charge is -2.06. The second-order valence-corrected chi connectivity index (χ2v) is 4.59. The topological polar surface area (TPSA) is 61.0 Å². The maximum atomic E-state index is 12.9. The number of nitrogens with zero attached hydrogens (tertiary/aromatic N) is 2. The largest absolute Gasteiger partial charge is 0.486 e. The Labute approximate surface area is 104 Å². The summed E-state index contributed by atoms with van der Waals surface area (Å²) in [6, 6.07) is 4.21. The van der Waals surface area contributed by atoms with Crippen LogP contribution in [-0.4, -0.2) is 9.59 Å². The third kappa shape index (κ3) is 2.48. The molecule has 0 amide bonds. The number of hydrogen-bond acceptors (Lipinski definition) is 5. The fraction of sp³-hybridized carbons (Fsp3) is 0.111. The van der Waals surface area contributed by atoms with Gasteiger partial charge in [-0.25, -0.2) is 4.39 Å². The molecule has 0 aliphatic heterocycles. The Hall–Kier alpha value is -1.21. The van der Waals surface area contributed by atoms with E-state index in [0.717, 1.165) is 11.5 Å². The maximum Gasteiger partial charge on any atom is 0.136 e. The summed E-state index contributed by atoms with van der Waals surface area (Å²) < 4.78 is 22.7. The van der Waals surface area contributed by atoms with E-state index in [1.807, 2.05) is 0 Å². The molecule has 7 heteroatoms. The highest BCUT2D eigenvalue weighted by Crippen LogP contribution is 2.26. The van der Waals surface area contributed by atoms with Gasteiger partial charge < -0.3 is 10.5 Å². The minimum atomic E-state index is -0.359. The van der Waals surface area contributed by atoms with Gasteiger partial charge in [0, 0.05) is 17.6 Å². The number of ether oxygens (including phenoxy) is 1. The van der Waals surface area contributed by atoms with Crippen molar-refractivity contribution in [3.63, 3.8) is 0 Å². The average molecular weight is 304 g/mol. The molecule has 1 heterocycles. The molecule has 4 nitrogen and oxygen atoms in total. The van der Waals surface area contributed by atoms with E-state index in [9.17, 15) is 4.39 Å². The Balaban J connectivity index is 2.10. The predicted molar refractivity (Wildman–Crippen MR) is 62.8 cm³/mol. The zero-order valence-corrected chi connectivity index (χ0v) is 10.4. The molecule has 0 saturated heterocycles. The van der Waals surface area contributed by atoms with Gasteiger partial charge in [-0.1, -0.05) is 4.49 Å². The monoisotopic (exact) mass is 303 g/mol. The molecule has 1 aromatic heterocycles. The molecule has 0 saturated carbocycles. The predicted octanol–water partition coefficient (Wildman–Crippen LogP) is 2.60. The minimum Gasteiger partial charge on any atom is -0.486 e. The first kappa shape index (κ1) is 11.3. The molecule has 2 rings (SSSR count). The summed E-state index contributed by atoms with van der Waals surface area (Å²) >= 11 is 4.35. The Morgan fingerprint density at radius 2 is 2.31 bits per heavy atom. The van der Waals surface area contributed by atoms with E-state index in [1.54, 1.807) is 6.07 Å². The minimum absolute atomic E-state index is 0.171. The number of halogens is 2. The summed E-state index contributed by atoms with van der Waals surface area (Å²) in [7, 11) is 0. The average Bonchev–Trinajstić information content (AvgIpc) is 2.66. The molecule has 0 radical (unpaired) electrons. The third-order valence-electron chi connectivity index (χ3n) is 1.84. The molecule has 0 aliphatic carbocycles. The standard InChI is InChI=1S/C9H7BrFN3OS/c10-6-2-1-5(11)3-8(6)15-4-7-9(12)16-14-13-7/h1-3H,4,12H2. The van der Waals surface area contributed by atoms with Gasteiger partial charge in [-0.3, -0.25) is 0 Å². The van der Waals surface area contributed by atoms with Crippen molar-refractivity contribution in [3.8, 4) is 5.75 Å². The fourth-order valence-electron chi connectivity index (χ4n) is 1.05. The van der Waals surface area contributed by atoms with Crippen molar-refractivity contribution in [1.29, 1.82) is 0 Å². The number of rotatable bonds is 3. The van der Waals surface area contributed by atoms with E-state index in [2.05, 4.69) is 25.5 Å². The lowest BCUT2D eigenvalue weighted by atomic mass is 10.3. The Bertz CT molecular complexity index is 505. The fourth-order valence-corrected chi connectivity index (χ4v) is 1.84. The number of hydrogen-bond donors (Lipinski definition) is 1. The Kier molecular flexibility index (Phi) is 3.35. The van der Waals surface area contributed by atoms with E-state index in [0.29, 0.717) is 20.9 Å². The molecule has 0 unspecified atom stereocenters. The van der Waals surface area contributed by atoms with Crippen LogP contribution in [0, 0.1) is 5.82 Å². The SMILES string of the molecule is Nc1snnc1COc1cc(F)ccc1Br. The second-order valence-electron chi connectivity index (χ2n) is 2.95. The van der Waals surface area contributed by atoms with Crippen LogP contribution >= 0.6 is 27.5 Å². The first-order chi connectivity index (χ1) is 7.66. The number of aromatic nitrogens is 2. The van der Waals surface area contributed by atoms with Crippen molar-refractivity contribution in [3.05, 3.63) is 34.2 Å². The molecular formula is C9H7BrFN3OS. The van der Waals surface area contributed by atoms with Crippen LogP contribution in [0.3, 0.4) is 0 Å². The van der Waals surface area contributed by atoms with E-state index in [4.69, 9.17) is 10.5 Å². The lowest BCUT2D eigenvalue weighted by molar-refractivity contribution is 0.298. The molecule has 2 aromatic rings. The van der Waals surface area contributed by atoms with Crippen molar-refractivity contribution in [2.24, 2.45) is 0 Å². The first-order valence-electron chi connectivity index (χ1n) is 4.31. The zero-order chi connectivity index (χ0) is 11.5. The van der Waals surface area contributed by atoms with Crippen LogP contribution < -0.4 is 10.5 Å². The van der Waals surface area contributed by atoms with Crippen LogP contribution in [0.5, 0.6) is 5.75 Å². The van der Waals surface area contributed by atoms with Gasteiger partial charge in [0.15, 0.2) is 0 Å².